The number of hydrogen-bond donors (Lipinski definition) is 1. The van der Waals surface area contributed by atoms with E-state index in [-0.39, 0.29) is 6.04 Å². The molecule has 2 aromatic carbocycles. The Morgan fingerprint density at radius 2 is 1.48 bits per heavy atom. The molecule has 2 fully saturated rings. The van der Waals surface area contributed by atoms with E-state index in [4.69, 9.17) is 0 Å². The van der Waals surface area contributed by atoms with Crippen LogP contribution in [0.4, 0.5) is 10.1 Å². The minimum Gasteiger partial charge on any atom is -0.388 e. The van der Waals surface area contributed by atoms with Gasteiger partial charge in [0.1, 0.15) is 6.17 Å². The molecule has 4 rings (SSSR count). The number of anilines is 1. The van der Waals surface area contributed by atoms with Gasteiger partial charge < -0.3 is 5.32 Å². The quantitative estimate of drug-likeness (QED) is 0.808. The average Bonchev–Trinajstić information content (AvgIpc) is 3.26. The summed E-state index contributed by atoms with van der Waals surface area (Å²) in [7, 11) is -1.63. The third-order valence-electron chi connectivity index (χ3n) is 6.10. The highest BCUT2D eigenvalue weighted by Crippen LogP contribution is 2.28. The molecule has 0 unspecified atom stereocenters. The lowest BCUT2D eigenvalue weighted by Gasteiger charge is -2.33. The van der Waals surface area contributed by atoms with Crippen molar-refractivity contribution >= 4 is 15.7 Å². The number of rotatable bonds is 5. The Kier molecular flexibility index (Phi) is 5.90. The van der Waals surface area contributed by atoms with Crippen molar-refractivity contribution in [2.75, 3.05) is 38.5 Å². The lowest BCUT2D eigenvalue weighted by molar-refractivity contribution is 0.116. The van der Waals surface area contributed by atoms with Gasteiger partial charge in [0.15, 0.2) is 0 Å². The van der Waals surface area contributed by atoms with Gasteiger partial charge in [-0.25, -0.2) is 12.8 Å². The van der Waals surface area contributed by atoms with Crippen LogP contribution in [0.25, 0.3) is 11.1 Å². The van der Waals surface area contributed by atoms with E-state index in [1.807, 2.05) is 43.4 Å². The minimum atomic E-state index is -3.51. The standard InChI is InChI=1S/C22H28FN3O2S/c1-24-20-6-2-17(3-7-20)18-4-8-22(9-5-18)29(27,28)26-15-12-21(16-26)25-13-10-19(23)11-14-25/h2-9,19,21,24H,10-16H2,1H3/t21-/m1/s1. The highest BCUT2D eigenvalue weighted by atomic mass is 32.2. The second-order valence-electron chi connectivity index (χ2n) is 7.87. The predicted octanol–water partition coefficient (Wildman–Crippen LogP) is 3.59. The zero-order chi connectivity index (χ0) is 20.4. The Morgan fingerprint density at radius 1 is 0.897 bits per heavy atom. The number of hydrogen-bond acceptors (Lipinski definition) is 4. The van der Waals surface area contributed by atoms with Crippen LogP contribution >= 0.6 is 0 Å². The zero-order valence-corrected chi connectivity index (χ0v) is 17.5. The van der Waals surface area contributed by atoms with E-state index in [1.165, 1.54) is 0 Å². The van der Waals surface area contributed by atoms with Crippen molar-refractivity contribution in [1.82, 2.24) is 9.21 Å². The second kappa shape index (κ2) is 8.42. The van der Waals surface area contributed by atoms with Gasteiger partial charge in [0, 0.05) is 45.0 Å². The summed E-state index contributed by atoms with van der Waals surface area (Å²) in [6.45, 7) is 2.46. The van der Waals surface area contributed by atoms with E-state index < -0.39 is 16.2 Å². The number of sulfonamides is 1. The third-order valence-corrected chi connectivity index (χ3v) is 7.98. The molecule has 0 aromatic heterocycles. The van der Waals surface area contributed by atoms with Crippen molar-refractivity contribution in [2.45, 2.75) is 36.4 Å². The summed E-state index contributed by atoms with van der Waals surface area (Å²) >= 11 is 0. The van der Waals surface area contributed by atoms with Gasteiger partial charge in [0.2, 0.25) is 10.0 Å². The van der Waals surface area contributed by atoms with Crippen molar-refractivity contribution in [2.24, 2.45) is 0 Å². The number of nitrogens with zero attached hydrogens (tertiary/aromatic N) is 2. The van der Waals surface area contributed by atoms with Crippen LogP contribution in [0.15, 0.2) is 53.4 Å². The van der Waals surface area contributed by atoms with Gasteiger partial charge in [0.25, 0.3) is 0 Å². The molecule has 1 N–H and O–H groups in total. The van der Waals surface area contributed by atoms with Crippen LogP contribution in [0.5, 0.6) is 0 Å². The van der Waals surface area contributed by atoms with Crippen molar-refractivity contribution in [3.05, 3.63) is 48.5 Å². The first-order valence-electron chi connectivity index (χ1n) is 10.2. The van der Waals surface area contributed by atoms with Gasteiger partial charge in [-0.15, -0.1) is 0 Å². The summed E-state index contributed by atoms with van der Waals surface area (Å²) in [6.07, 6.45) is 1.21. The molecule has 0 amide bonds. The van der Waals surface area contributed by atoms with E-state index in [2.05, 4.69) is 10.2 Å². The Morgan fingerprint density at radius 3 is 2.07 bits per heavy atom. The fourth-order valence-corrected chi connectivity index (χ4v) is 5.75. The van der Waals surface area contributed by atoms with Crippen molar-refractivity contribution in [3.8, 4) is 11.1 Å². The third kappa shape index (κ3) is 4.32. The average molecular weight is 418 g/mol. The van der Waals surface area contributed by atoms with E-state index in [0.717, 1.165) is 36.3 Å². The van der Waals surface area contributed by atoms with E-state index in [0.29, 0.717) is 30.8 Å². The van der Waals surface area contributed by atoms with Gasteiger partial charge in [-0.2, -0.15) is 4.31 Å². The van der Waals surface area contributed by atoms with Crippen LogP contribution in [0, 0.1) is 0 Å². The minimum absolute atomic E-state index is 0.197. The Balaban J connectivity index is 1.44. The van der Waals surface area contributed by atoms with Gasteiger partial charge in [0.05, 0.1) is 4.90 Å². The highest BCUT2D eigenvalue weighted by Gasteiger charge is 2.36. The molecule has 156 valence electrons. The molecule has 0 saturated carbocycles. The molecule has 0 aliphatic carbocycles. The number of piperidine rings is 1. The molecule has 0 bridgehead atoms. The second-order valence-corrected chi connectivity index (χ2v) is 9.81. The molecule has 2 saturated heterocycles. The zero-order valence-electron chi connectivity index (χ0n) is 16.7. The van der Waals surface area contributed by atoms with Crippen LogP contribution in [-0.2, 0) is 10.0 Å². The SMILES string of the molecule is CNc1ccc(-c2ccc(S(=O)(=O)N3CC[C@@H](N4CCC(F)CC4)C3)cc2)cc1. The summed E-state index contributed by atoms with van der Waals surface area (Å²) in [5, 5.41) is 3.09. The molecule has 2 heterocycles. The fraction of sp³-hybridized carbons (Fsp3) is 0.455. The topological polar surface area (TPSA) is 52.7 Å². The number of benzene rings is 2. The molecule has 2 aliphatic heterocycles. The van der Waals surface area contributed by atoms with Crippen molar-refractivity contribution in [1.29, 1.82) is 0 Å². The van der Waals surface area contributed by atoms with Gasteiger partial charge in [-0.3, -0.25) is 4.90 Å². The summed E-state index contributed by atoms with van der Waals surface area (Å²) in [4.78, 5) is 2.58. The van der Waals surface area contributed by atoms with Gasteiger partial charge in [-0.1, -0.05) is 24.3 Å². The van der Waals surface area contributed by atoms with Crippen LogP contribution in [-0.4, -0.2) is 63.1 Å². The molecular weight excluding hydrogens is 389 g/mol. The number of alkyl halides is 1. The molecule has 5 nitrogen and oxygen atoms in total. The fourth-order valence-electron chi connectivity index (χ4n) is 4.26. The lowest BCUT2D eigenvalue weighted by Crippen LogP contribution is -2.43. The normalized spacial score (nSPS) is 22.1. The Labute approximate surface area is 172 Å². The molecule has 1 atom stereocenters. The first-order valence-corrected chi connectivity index (χ1v) is 11.7. The first-order chi connectivity index (χ1) is 14.0. The van der Waals surface area contributed by atoms with Crippen LogP contribution in [0.3, 0.4) is 0 Å². The predicted molar refractivity (Wildman–Crippen MR) is 114 cm³/mol. The summed E-state index contributed by atoms with van der Waals surface area (Å²) in [5.41, 5.74) is 3.07. The monoisotopic (exact) mass is 417 g/mol. The molecule has 2 aromatic rings. The molecule has 2 aliphatic rings. The first kappa shape index (κ1) is 20.3. The van der Waals surface area contributed by atoms with Crippen molar-refractivity contribution < 1.29 is 12.8 Å². The number of halogens is 1. The molecule has 0 spiro atoms. The van der Waals surface area contributed by atoms with Crippen LogP contribution in [0.1, 0.15) is 19.3 Å². The maximum absolute atomic E-state index is 13.4. The molecule has 7 heteroatoms. The van der Waals surface area contributed by atoms with Crippen molar-refractivity contribution in [3.63, 3.8) is 0 Å². The smallest absolute Gasteiger partial charge is 0.243 e. The van der Waals surface area contributed by atoms with E-state index in [9.17, 15) is 12.8 Å². The van der Waals surface area contributed by atoms with E-state index >= 15 is 0 Å². The lowest BCUT2D eigenvalue weighted by atomic mass is 10.1. The largest absolute Gasteiger partial charge is 0.388 e. The summed E-state index contributed by atoms with van der Waals surface area (Å²) in [6, 6.07) is 15.3. The summed E-state index contributed by atoms with van der Waals surface area (Å²) < 4.78 is 41.1. The molecule has 0 radical (unpaired) electrons. The van der Waals surface area contributed by atoms with Gasteiger partial charge in [-0.05, 0) is 54.7 Å². The Bertz CT molecular complexity index is 924. The maximum Gasteiger partial charge on any atom is 0.243 e. The Hall–Kier alpha value is -1.96. The van der Waals surface area contributed by atoms with Gasteiger partial charge >= 0.3 is 0 Å². The highest BCUT2D eigenvalue weighted by molar-refractivity contribution is 7.89. The molecule has 29 heavy (non-hydrogen) atoms. The number of likely N-dealkylation sites (tertiary alicyclic amines) is 1. The van der Waals surface area contributed by atoms with Crippen LogP contribution in [0.2, 0.25) is 0 Å². The molecular formula is C22H28FN3O2S. The van der Waals surface area contributed by atoms with E-state index in [1.54, 1.807) is 16.4 Å². The van der Waals surface area contributed by atoms with Crippen LogP contribution < -0.4 is 5.32 Å². The number of nitrogens with one attached hydrogen (secondary N) is 1. The maximum atomic E-state index is 13.4. The summed E-state index contributed by atoms with van der Waals surface area (Å²) in [5.74, 6) is 0.